The summed E-state index contributed by atoms with van der Waals surface area (Å²) >= 11 is 20.9. The molecule has 0 radical (unpaired) electrons. The first-order chi connectivity index (χ1) is 8.62. The molecular formula is C9H15Br6O3P. The summed E-state index contributed by atoms with van der Waals surface area (Å²) < 4.78 is 16.2. The molecule has 0 aromatic heterocycles. The highest BCUT2D eigenvalue weighted by molar-refractivity contribution is 9.25. The maximum Gasteiger partial charge on any atom is 0.316 e. The average Bonchev–Trinajstić information content (AvgIpc) is 2.22. The lowest BCUT2D eigenvalue weighted by atomic mass is 10.1. The van der Waals surface area contributed by atoms with Crippen LogP contribution >= 0.6 is 104 Å². The van der Waals surface area contributed by atoms with Crippen molar-refractivity contribution >= 4 is 104 Å². The van der Waals surface area contributed by atoms with Crippen LogP contribution in [-0.2, 0) is 9.09 Å². The van der Waals surface area contributed by atoms with E-state index in [9.17, 15) is 4.57 Å². The summed E-state index contributed by atoms with van der Waals surface area (Å²) in [6, 6.07) is 0. The lowest BCUT2D eigenvalue weighted by Gasteiger charge is -2.26. The Kier molecular flexibility index (Phi) is 13.4. The second-order valence-corrected chi connectivity index (χ2v) is 15.7. The summed E-state index contributed by atoms with van der Waals surface area (Å²) in [6.07, 6.45) is 3.63. The average molecular weight is 682 g/mol. The van der Waals surface area contributed by atoms with Gasteiger partial charge < -0.3 is 9.42 Å². The molecule has 0 heterocycles. The predicted octanol–water partition coefficient (Wildman–Crippen LogP) is 6.42. The Labute approximate surface area is 165 Å². The lowest BCUT2D eigenvalue weighted by Crippen LogP contribution is -2.23. The fourth-order valence-electron chi connectivity index (χ4n) is 1.41. The minimum Gasteiger partial charge on any atom is -0.326 e. The maximum absolute atomic E-state index is 10.9. The summed E-state index contributed by atoms with van der Waals surface area (Å²) in [4.78, 5) is 8.96. The minimum absolute atomic E-state index is 0.182. The van der Waals surface area contributed by atoms with E-state index >= 15 is 0 Å². The Morgan fingerprint density at radius 3 is 2.00 bits per heavy atom. The van der Waals surface area contributed by atoms with Crippen LogP contribution in [-0.4, -0.2) is 21.7 Å². The Morgan fingerprint density at radius 1 is 1.05 bits per heavy atom. The largest absolute Gasteiger partial charge is 0.326 e. The van der Waals surface area contributed by atoms with Crippen molar-refractivity contribution in [2.75, 3.05) is 0 Å². The van der Waals surface area contributed by atoms with Crippen LogP contribution in [0.15, 0.2) is 0 Å². The highest BCUT2D eigenvalue weighted by atomic mass is 79.9. The molecule has 1 N–H and O–H groups in total. The second kappa shape index (κ2) is 11.5. The van der Waals surface area contributed by atoms with Gasteiger partial charge in [-0.25, -0.2) is 0 Å². The molecule has 0 fully saturated rings. The first-order valence-corrected chi connectivity index (χ1v) is 12.0. The molecule has 0 aliphatic carbocycles. The van der Waals surface area contributed by atoms with E-state index in [2.05, 4.69) is 95.6 Å². The molecule has 0 aliphatic rings. The van der Waals surface area contributed by atoms with E-state index in [1.165, 1.54) is 0 Å². The molecule has 3 nitrogen and oxygen atoms in total. The van der Waals surface area contributed by atoms with Crippen LogP contribution < -0.4 is 0 Å². The molecule has 0 saturated carbocycles. The van der Waals surface area contributed by atoms with Crippen molar-refractivity contribution in [3.05, 3.63) is 0 Å². The minimum atomic E-state index is -2.92. The number of hydrogen-bond acceptors (Lipinski definition) is 2. The van der Waals surface area contributed by atoms with Crippen LogP contribution in [0, 0.1) is 0 Å². The number of alkyl halides is 6. The van der Waals surface area contributed by atoms with Gasteiger partial charge in [-0.15, -0.1) is 0 Å². The van der Waals surface area contributed by atoms with Gasteiger partial charge in [-0.05, 0) is 32.1 Å². The molecule has 0 bridgehead atoms. The Hall–Kier alpha value is 3.03. The zero-order valence-electron chi connectivity index (χ0n) is 9.80. The van der Waals surface area contributed by atoms with E-state index in [4.69, 9.17) is 9.42 Å². The van der Waals surface area contributed by atoms with Gasteiger partial charge in [0, 0.05) is 0 Å². The highest BCUT2D eigenvalue weighted by Crippen LogP contribution is 2.41. The SMILES string of the molecule is O=[PH](O)OC(CCC(Br)Br)CC(Br)(Br)CCC(Br)Br. The molecule has 0 amide bonds. The number of halogens is 6. The predicted molar refractivity (Wildman–Crippen MR) is 103 cm³/mol. The van der Waals surface area contributed by atoms with Crippen molar-refractivity contribution in [2.24, 2.45) is 0 Å². The zero-order chi connectivity index (χ0) is 15.1. The van der Waals surface area contributed by atoms with E-state index in [1.807, 2.05) is 0 Å². The first-order valence-electron chi connectivity index (χ1n) is 5.46. The first kappa shape index (κ1) is 22.0. The summed E-state index contributed by atoms with van der Waals surface area (Å²) in [6.45, 7) is 0. The zero-order valence-corrected chi connectivity index (χ0v) is 20.3. The van der Waals surface area contributed by atoms with Crippen LogP contribution in [0.5, 0.6) is 0 Å². The third-order valence-corrected chi connectivity index (χ3v) is 6.04. The van der Waals surface area contributed by atoms with Gasteiger partial charge in [0.05, 0.1) is 16.8 Å². The van der Waals surface area contributed by atoms with Crippen LogP contribution in [0.25, 0.3) is 0 Å². The fourth-order valence-corrected chi connectivity index (χ4v) is 4.07. The van der Waals surface area contributed by atoms with Gasteiger partial charge in [-0.3, -0.25) is 4.57 Å². The molecule has 0 rings (SSSR count). The Morgan fingerprint density at radius 2 is 1.58 bits per heavy atom. The maximum atomic E-state index is 10.9. The van der Waals surface area contributed by atoms with E-state index in [0.29, 0.717) is 12.8 Å². The third kappa shape index (κ3) is 14.4. The van der Waals surface area contributed by atoms with E-state index in [0.717, 1.165) is 19.3 Å². The molecule has 2 unspecified atom stereocenters. The van der Waals surface area contributed by atoms with Crippen LogP contribution in [0.4, 0.5) is 0 Å². The fraction of sp³-hybridized carbons (Fsp3) is 1.00. The number of rotatable bonds is 10. The summed E-state index contributed by atoms with van der Waals surface area (Å²) in [5, 5.41) is 0. The van der Waals surface area contributed by atoms with Gasteiger partial charge in [0.15, 0.2) is 0 Å². The lowest BCUT2D eigenvalue weighted by molar-refractivity contribution is 0.165. The van der Waals surface area contributed by atoms with E-state index in [-0.39, 0.29) is 16.8 Å². The van der Waals surface area contributed by atoms with Gasteiger partial charge in [0.25, 0.3) is 0 Å². The summed E-state index contributed by atoms with van der Waals surface area (Å²) in [5.74, 6) is 0. The molecule has 2 atom stereocenters. The van der Waals surface area contributed by atoms with Crippen molar-refractivity contribution in [1.82, 2.24) is 0 Å². The summed E-state index contributed by atoms with van der Waals surface area (Å²) in [5.41, 5.74) is 0. The van der Waals surface area contributed by atoms with Gasteiger partial charge in [-0.1, -0.05) is 95.6 Å². The van der Waals surface area contributed by atoms with Crippen molar-refractivity contribution in [3.63, 3.8) is 0 Å². The Bertz CT molecular complexity index is 277. The van der Waals surface area contributed by atoms with Crippen molar-refractivity contribution in [2.45, 2.75) is 48.9 Å². The summed E-state index contributed by atoms with van der Waals surface area (Å²) in [7, 11) is -2.92. The molecular weight excluding hydrogens is 666 g/mol. The van der Waals surface area contributed by atoms with Gasteiger partial charge in [0.2, 0.25) is 0 Å². The monoisotopic (exact) mass is 676 g/mol. The van der Waals surface area contributed by atoms with E-state index in [1.54, 1.807) is 0 Å². The molecule has 116 valence electrons. The smallest absolute Gasteiger partial charge is 0.316 e. The van der Waals surface area contributed by atoms with Crippen LogP contribution in [0.1, 0.15) is 32.1 Å². The van der Waals surface area contributed by atoms with E-state index < -0.39 is 8.25 Å². The topological polar surface area (TPSA) is 46.5 Å². The Balaban J connectivity index is 4.38. The second-order valence-electron chi connectivity index (χ2n) is 3.96. The van der Waals surface area contributed by atoms with Crippen molar-refractivity contribution in [3.8, 4) is 0 Å². The van der Waals surface area contributed by atoms with Gasteiger partial charge in [0.1, 0.15) is 0 Å². The molecule has 19 heavy (non-hydrogen) atoms. The number of hydrogen-bond donors (Lipinski definition) is 1. The molecule has 10 heteroatoms. The van der Waals surface area contributed by atoms with Crippen LogP contribution in [0.3, 0.4) is 0 Å². The third-order valence-electron chi connectivity index (χ3n) is 2.23. The van der Waals surface area contributed by atoms with Gasteiger partial charge >= 0.3 is 8.25 Å². The molecule has 0 spiro atoms. The highest BCUT2D eigenvalue weighted by Gasteiger charge is 2.29. The molecule has 0 aliphatic heterocycles. The van der Waals surface area contributed by atoms with Crippen molar-refractivity contribution in [1.29, 1.82) is 0 Å². The van der Waals surface area contributed by atoms with Crippen LogP contribution in [0.2, 0.25) is 0 Å². The van der Waals surface area contributed by atoms with Gasteiger partial charge in [-0.2, -0.15) is 0 Å². The quantitative estimate of drug-likeness (QED) is 0.214. The molecule has 0 aromatic rings. The normalized spacial score (nSPS) is 16.1. The molecule has 0 saturated heterocycles. The standard InChI is InChI=1S/C9H15Br6O3P/c10-7(11)2-1-6(18-19(16)17)5-9(14,15)4-3-8(12)13/h6-8,19H,1-5H2,(H,16,17). The van der Waals surface area contributed by atoms with Crippen molar-refractivity contribution < 1.29 is 14.0 Å². The molecule has 0 aromatic carbocycles.